The monoisotopic (exact) mass is 212 g/mol. The van der Waals surface area contributed by atoms with Gasteiger partial charge in [0.15, 0.2) is 0 Å². The van der Waals surface area contributed by atoms with Crippen molar-refractivity contribution in [2.24, 2.45) is 0 Å². The van der Waals surface area contributed by atoms with Crippen molar-refractivity contribution < 1.29 is 5.11 Å². The van der Waals surface area contributed by atoms with Crippen LogP contribution in [0.1, 0.15) is 32.0 Å². The number of aryl methyl sites for hydroxylation is 1. The first-order valence-electron chi connectivity index (χ1n) is 5.56. The normalized spacial score (nSPS) is 10.8. The Kier molecular flexibility index (Phi) is 5.96. The van der Waals surface area contributed by atoms with Gasteiger partial charge in [-0.2, -0.15) is 5.10 Å². The number of rotatable bonds is 8. The molecule has 0 spiro atoms. The van der Waals surface area contributed by atoms with E-state index < -0.39 is 0 Å². The van der Waals surface area contributed by atoms with E-state index in [0.29, 0.717) is 0 Å². The van der Waals surface area contributed by atoms with E-state index >= 15 is 0 Å². The van der Waals surface area contributed by atoms with Crippen LogP contribution < -0.4 is 5.32 Å². The summed E-state index contributed by atoms with van der Waals surface area (Å²) in [5, 5.41) is 16.0. The summed E-state index contributed by atoms with van der Waals surface area (Å²) in [5.41, 5.74) is 0. The van der Waals surface area contributed by atoms with Crippen molar-refractivity contribution in [3.05, 3.63) is 12.2 Å². The molecule has 0 unspecified atom stereocenters. The molecule has 1 rings (SSSR count). The van der Waals surface area contributed by atoms with Crippen LogP contribution >= 0.6 is 0 Å². The number of nitrogens with zero attached hydrogens (tertiary/aromatic N) is 3. The van der Waals surface area contributed by atoms with E-state index in [-0.39, 0.29) is 6.61 Å². The Bertz CT molecular complexity index is 262. The lowest BCUT2D eigenvalue weighted by molar-refractivity contribution is 0.283. The molecule has 1 heterocycles. The van der Waals surface area contributed by atoms with E-state index in [0.717, 1.165) is 44.7 Å². The number of aromatic nitrogens is 3. The minimum Gasteiger partial charge on any atom is -0.396 e. The van der Waals surface area contributed by atoms with Crippen LogP contribution in [0, 0.1) is 0 Å². The molecule has 0 radical (unpaired) electrons. The molecule has 0 aliphatic rings. The quantitative estimate of drug-likeness (QED) is 0.618. The molecule has 1 aromatic heterocycles. The van der Waals surface area contributed by atoms with Crippen LogP contribution in [0.3, 0.4) is 0 Å². The van der Waals surface area contributed by atoms with Crippen molar-refractivity contribution in [3.8, 4) is 0 Å². The Hall–Kier alpha value is -0.940. The van der Waals surface area contributed by atoms with E-state index in [1.165, 1.54) is 0 Å². The predicted molar refractivity (Wildman–Crippen MR) is 58.3 cm³/mol. The van der Waals surface area contributed by atoms with Gasteiger partial charge in [-0.3, -0.25) is 0 Å². The van der Waals surface area contributed by atoms with Gasteiger partial charge in [0, 0.05) is 13.2 Å². The van der Waals surface area contributed by atoms with Crippen LogP contribution in [-0.4, -0.2) is 33.0 Å². The van der Waals surface area contributed by atoms with Gasteiger partial charge in [0.05, 0.1) is 6.54 Å². The standard InChI is InChI=1S/C10H20N4O/c1-2-6-14-10(12-9-13-14)8-11-5-3-4-7-15/h9,11,15H,2-8H2,1H3. The Morgan fingerprint density at radius 3 is 3.07 bits per heavy atom. The number of unbranched alkanes of at least 4 members (excludes halogenated alkanes) is 1. The summed E-state index contributed by atoms with van der Waals surface area (Å²) >= 11 is 0. The predicted octanol–water partition coefficient (Wildman–Crippen LogP) is 0.550. The summed E-state index contributed by atoms with van der Waals surface area (Å²) in [4.78, 5) is 4.19. The van der Waals surface area contributed by atoms with Gasteiger partial charge < -0.3 is 10.4 Å². The fourth-order valence-corrected chi connectivity index (χ4v) is 1.39. The van der Waals surface area contributed by atoms with E-state index in [1.807, 2.05) is 4.68 Å². The first-order chi connectivity index (χ1) is 7.38. The van der Waals surface area contributed by atoms with E-state index in [9.17, 15) is 0 Å². The number of aliphatic hydroxyl groups excluding tert-OH is 1. The van der Waals surface area contributed by atoms with Gasteiger partial charge in [-0.1, -0.05) is 6.92 Å². The van der Waals surface area contributed by atoms with Gasteiger partial charge >= 0.3 is 0 Å². The largest absolute Gasteiger partial charge is 0.396 e. The second-order valence-electron chi connectivity index (χ2n) is 3.51. The van der Waals surface area contributed by atoms with Crippen LogP contribution in [0.2, 0.25) is 0 Å². The van der Waals surface area contributed by atoms with Crippen molar-refractivity contribution >= 4 is 0 Å². The lowest BCUT2D eigenvalue weighted by Crippen LogP contribution is -2.19. The molecular weight excluding hydrogens is 192 g/mol. The second kappa shape index (κ2) is 7.36. The van der Waals surface area contributed by atoms with E-state index in [4.69, 9.17) is 5.11 Å². The first-order valence-corrected chi connectivity index (χ1v) is 5.56. The highest BCUT2D eigenvalue weighted by molar-refractivity contribution is 4.83. The van der Waals surface area contributed by atoms with Gasteiger partial charge in [0.1, 0.15) is 12.2 Å². The van der Waals surface area contributed by atoms with Crippen molar-refractivity contribution in [1.29, 1.82) is 0 Å². The topological polar surface area (TPSA) is 63.0 Å². The highest BCUT2D eigenvalue weighted by Crippen LogP contribution is 1.95. The van der Waals surface area contributed by atoms with Crippen LogP contribution in [-0.2, 0) is 13.1 Å². The van der Waals surface area contributed by atoms with Crippen LogP contribution in [0.15, 0.2) is 6.33 Å². The molecule has 0 atom stereocenters. The summed E-state index contributed by atoms with van der Waals surface area (Å²) in [6.45, 7) is 4.99. The number of hydrogen-bond acceptors (Lipinski definition) is 4. The van der Waals surface area contributed by atoms with Gasteiger partial charge in [-0.15, -0.1) is 0 Å². The van der Waals surface area contributed by atoms with Crippen LogP contribution in [0.4, 0.5) is 0 Å². The smallest absolute Gasteiger partial charge is 0.140 e. The molecule has 2 N–H and O–H groups in total. The molecular formula is C10H20N4O. The zero-order chi connectivity index (χ0) is 10.9. The molecule has 0 aliphatic heterocycles. The number of nitrogens with one attached hydrogen (secondary N) is 1. The molecule has 0 fully saturated rings. The zero-order valence-electron chi connectivity index (χ0n) is 9.32. The highest BCUT2D eigenvalue weighted by atomic mass is 16.2. The maximum atomic E-state index is 8.61. The van der Waals surface area contributed by atoms with Gasteiger partial charge in [0.25, 0.3) is 0 Å². The zero-order valence-corrected chi connectivity index (χ0v) is 9.32. The van der Waals surface area contributed by atoms with Gasteiger partial charge in [0.2, 0.25) is 0 Å². The average Bonchev–Trinajstić information content (AvgIpc) is 2.66. The molecule has 0 amide bonds. The Morgan fingerprint density at radius 1 is 1.47 bits per heavy atom. The summed E-state index contributed by atoms with van der Waals surface area (Å²) in [7, 11) is 0. The lowest BCUT2D eigenvalue weighted by Gasteiger charge is -2.05. The van der Waals surface area contributed by atoms with Gasteiger partial charge in [-0.25, -0.2) is 9.67 Å². The second-order valence-corrected chi connectivity index (χ2v) is 3.51. The third-order valence-corrected chi connectivity index (χ3v) is 2.18. The number of hydrogen-bond donors (Lipinski definition) is 2. The molecule has 0 bridgehead atoms. The Balaban J connectivity index is 2.21. The van der Waals surface area contributed by atoms with Crippen molar-refractivity contribution in [3.63, 3.8) is 0 Å². The fourth-order valence-electron chi connectivity index (χ4n) is 1.39. The van der Waals surface area contributed by atoms with Crippen LogP contribution in [0.25, 0.3) is 0 Å². The summed E-state index contributed by atoms with van der Waals surface area (Å²) in [6.07, 6.45) is 4.52. The fraction of sp³-hybridized carbons (Fsp3) is 0.800. The maximum Gasteiger partial charge on any atom is 0.140 e. The third kappa shape index (κ3) is 4.40. The molecule has 0 aromatic carbocycles. The highest BCUT2D eigenvalue weighted by Gasteiger charge is 2.01. The first kappa shape index (κ1) is 12.1. The molecule has 86 valence electrons. The van der Waals surface area contributed by atoms with Crippen molar-refractivity contribution in [2.75, 3.05) is 13.2 Å². The van der Waals surface area contributed by atoms with Crippen molar-refractivity contribution in [1.82, 2.24) is 20.1 Å². The van der Waals surface area contributed by atoms with E-state index in [1.54, 1.807) is 6.33 Å². The average molecular weight is 212 g/mol. The van der Waals surface area contributed by atoms with E-state index in [2.05, 4.69) is 22.3 Å². The molecule has 0 saturated carbocycles. The summed E-state index contributed by atoms with van der Waals surface area (Å²) in [5.74, 6) is 0.987. The molecule has 0 aliphatic carbocycles. The third-order valence-electron chi connectivity index (χ3n) is 2.18. The van der Waals surface area contributed by atoms with Crippen molar-refractivity contribution in [2.45, 2.75) is 39.3 Å². The molecule has 5 nitrogen and oxygen atoms in total. The molecule has 5 heteroatoms. The minimum absolute atomic E-state index is 0.272. The molecule has 1 aromatic rings. The maximum absolute atomic E-state index is 8.61. The molecule has 0 saturated heterocycles. The Labute approximate surface area is 90.5 Å². The lowest BCUT2D eigenvalue weighted by atomic mass is 10.3. The Morgan fingerprint density at radius 2 is 2.33 bits per heavy atom. The minimum atomic E-state index is 0.272. The van der Waals surface area contributed by atoms with Gasteiger partial charge in [-0.05, 0) is 25.8 Å². The van der Waals surface area contributed by atoms with Crippen LogP contribution in [0.5, 0.6) is 0 Å². The summed E-state index contributed by atoms with van der Waals surface area (Å²) < 4.78 is 1.93. The number of aliphatic hydroxyl groups is 1. The molecule has 15 heavy (non-hydrogen) atoms. The summed E-state index contributed by atoms with van der Waals surface area (Å²) in [6, 6.07) is 0. The SMILES string of the molecule is CCCn1ncnc1CNCCCCO.